The van der Waals surface area contributed by atoms with Crippen molar-refractivity contribution in [1.29, 1.82) is 0 Å². The van der Waals surface area contributed by atoms with Crippen LogP contribution in [-0.4, -0.2) is 65.8 Å². The molecule has 1 aliphatic rings. The van der Waals surface area contributed by atoms with Crippen LogP contribution in [0, 0.1) is 13.7 Å². The second kappa shape index (κ2) is 14.0. The third-order valence-corrected chi connectivity index (χ3v) is 19.4. The minimum absolute atomic E-state index is 0.00680. The van der Waals surface area contributed by atoms with Crippen LogP contribution in [0.3, 0.4) is 0 Å². The van der Waals surface area contributed by atoms with E-state index in [9.17, 15) is 14.9 Å². The van der Waals surface area contributed by atoms with Crippen LogP contribution in [0.4, 0.5) is 11.6 Å². The number of nitro benzene ring substituents is 1. The van der Waals surface area contributed by atoms with Crippen molar-refractivity contribution in [2.45, 2.75) is 123 Å². The molecule has 264 valence electrons. The minimum Gasteiger partial charge on any atom is -0.468 e. The van der Waals surface area contributed by atoms with E-state index in [1.165, 1.54) is 13.0 Å². The highest BCUT2D eigenvalue weighted by Crippen LogP contribution is 2.43. The van der Waals surface area contributed by atoms with Gasteiger partial charge in [0.15, 0.2) is 27.8 Å². The van der Waals surface area contributed by atoms with Crippen LogP contribution in [0.2, 0.25) is 36.3 Å². The minimum atomic E-state index is -2.19. The van der Waals surface area contributed by atoms with E-state index in [4.69, 9.17) is 18.3 Å². The number of ether oxygens (including phenoxy) is 2. The first-order chi connectivity index (χ1) is 22.0. The third kappa shape index (κ3) is 8.43. The van der Waals surface area contributed by atoms with Gasteiger partial charge >= 0.3 is 0 Å². The van der Waals surface area contributed by atoms with E-state index in [1.807, 2.05) is 27.2 Å². The largest absolute Gasteiger partial charge is 0.468 e. The fraction of sp³-hybridized carbons (Fsp3) is 0.625. The van der Waals surface area contributed by atoms with Gasteiger partial charge in [-0.1, -0.05) is 41.5 Å². The van der Waals surface area contributed by atoms with Crippen LogP contribution < -0.4 is 10.1 Å². The number of hydrogen-bond donors (Lipinski definition) is 1. The second-order valence-electron chi connectivity index (χ2n) is 15.4. The van der Waals surface area contributed by atoms with Crippen LogP contribution in [0.25, 0.3) is 11.2 Å². The molecule has 13 nitrogen and oxygen atoms in total. The molecule has 2 aromatic heterocycles. The van der Waals surface area contributed by atoms with Gasteiger partial charge in [-0.2, -0.15) is 9.97 Å². The van der Waals surface area contributed by atoms with Crippen LogP contribution >= 0.6 is 22.6 Å². The fourth-order valence-corrected chi connectivity index (χ4v) is 7.70. The van der Waals surface area contributed by atoms with Crippen molar-refractivity contribution in [2.75, 3.05) is 11.9 Å². The number of fused-ring (bicyclic) bond motifs is 1. The molecule has 4 rings (SSSR count). The summed E-state index contributed by atoms with van der Waals surface area (Å²) in [6.45, 7) is 25.6. The van der Waals surface area contributed by atoms with Crippen molar-refractivity contribution < 1.29 is 28.0 Å². The molecule has 1 amide bonds. The van der Waals surface area contributed by atoms with Crippen LogP contribution in [-0.2, 0) is 18.4 Å². The summed E-state index contributed by atoms with van der Waals surface area (Å²) in [4.78, 5) is 37.2. The van der Waals surface area contributed by atoms with Crippen molar-refractivity contribution >= 4 is 67.9 Å². The number of carbonyl (C=O) groups excluding carboxylic acids is 1. The van der Waals surface area contributed by atoms with Gasteiger partial charge in [-0.3, -0.25) is 24.8 Å². The average Bonchev–Trinajstić information content (AvgIpc) is 3.53. The van der Waals surface area contributed by atoms with Gasteiger partial charge in [-0.25, -0.2) is 4.98 Å². The molecule has 0 bridgehead atoms. The van der Waals surface area contributed by atoms with Gasteiger partial charge in [0.2, 0.25) is 17.7 Å². The Morgan fingerprint density at radius 1 is 1.15 bits per heavy atom. The maximum Gasteiger partial charge on any atom is 0.277 e. The number of aromatic nitrogens is 4. The summed E-state index contributed by atoms with van der Waals surface area (Å²) in [5.41, 5.74) is 1.03. The number of nitrogens with one attached hydrogen (secondary N) is 1. The Labute approximate surface area is 298 Å². The molecule has 0 saturated carbocycles. The van der Waals surface area contributed by atoms with Gasteiger partial charge in [0.1, 0.15) is 18.4 Å². The summed E-state index contributed by atoms with van der Waals surface area (Å²) in [5, 5.41) is 14.5. The van der Waals surface area contributed by atoms with Crippen molar-refractivity contribution in [3.63, 3.8) is 0 Å². The lowest BCUT2D eigenvalue weighted by Gasteiger charge is -2.40. The zero-order chi connectivity index (χ0) is 36.0. The number of rotatable bonds is 11. The van der Waals surface area contributed by atoms with Gasteiger partial charge < -0.3 is 18.3 Å². The summed E-state index contributed by atoms with van der Waals surface area (Å²) < 4.78 is 29.1. The molecule has 4 atom stereocenters. The SMILES string of the molecule is CC(=O)Nc1nc(OC(C)c2ccc(I)cc2[N+](=O)[O-])c2ncn([C@H]3C[C@H](O[Si](C)(C)C(C)(C)C)[C@@H](CO[Si](C)(C)C(C)(C)C)O3)c2n1. The van der Waals surface area contributed by atoms with E-state index in [-0.39, 0.29) is 45.7 Å². The lowest BCUT2D eigenvalue weighted by atomic mass is 10.1. The van der Waals surface area contributed by atoms with Gasteiger partial charge in [0.25, 0.3) is 5.69 Å². The van der Waals surface area contributed by atoms with Crippen LogP contribution in [0.5, 0.6) is 5.88 Å². The van der Waals surface area contributed by atoms with E-state index < -0.39 is 33.9 Å². The number of imidazole rings is 1. The molecule has 0 radical (unpaired) electrons. The lowest BCUT2D eigenvalue weighted by Crippen LogP contribution is -2.48. The van der Waals surface area contributed by atoms with E-state index >= 15 is 0 Å². The molecule has 3 aromatic rings. The summed E-state index contributed by atoms with van der Waals surface area (Å²) in [7, 11) is -4.27. The first-order valence-corrected chi connectivity index (χ1v) is 23.0. The molecule has 1 N–H and O–H groups in total. The molecular weight excluding hydrogens is 763 g/mol. The number of anilines is 1. The lowest BCUT2D eigenvalue weighted by molar-refractivity contribution is -0.386. The summed E-state index contributed by atoms with van der Waals surface area (Å²) in [6, 6.07) is 4.94. The number of halogens is 1. The van der Waals surface area contributed by atoms with Gasteiger partial charge in [-0.15, -0.1) is 0 Å². The Hall–Kier alpha value is -2.52. The van der Waals surface area contributed by atoms with Crippen molar-refractivity contribution in [1.82, 2.24) is 19.5 Å². The highest BCUT2D eigenvalue weighted by atomic mass is 127. The van der Waals surface area contributed by atoms with E-state index in [2.05, 4.69) is 88.0 Å². The second-order valence-corrected chi connectivity index (χ2v) is 26.2. The smallest absolute Gasteiger partial charge is 0.277 e. The Balaban J connectivity index is 1.73. The normalized spacial score (nSPS) is 19.8. The molecular formula is C32H49IN6O7Si2. The third-order valence-electron chi connectivity index (χ3n) is 9.75. The number of benzene rings is 1. The number of hydrogen-bond acceptors (Lipinski definition) is 10. The first kappa shape index (κ1) is 38.3. The molecule has 16 heteroatoms. The molecule has 48 heavy (non-hydrogen) atoms. The monoisotopic (exact) mass is 812 g/mol. The van der Waals surface area contributed by atoms with Crippen molar-refractivity contribution in [2.24, 2.45) is 0 Å². The number of amides is 1. The first-order valence-electron chi connectivity index (χ1n) is 16.1. The Morgan fingerprint density at radius 2 is 1.79 bits per heavy atom. The highest BCUT2D eigenvalue weighted by Gasteiger charge is 2.47. The Bertz CT molecular complexity index is 1670. The van der Waals surface area contributed by atoms with Gasteiger partial charge in [0, 0.05) is 23.0 Å². The Morgan fingerprint density at radius 3 is 2.38 bits per heavy atom. The predicted molar refractivity (Wildman–Crippen MR) is 198 cm³/mol. The molecule has 0 aliphatic carbocycles. The molecule has 1 aromatic carbocycles. The molecule has 3 heterocycles. The maximum absolute atomic E-state index is 12.1. The number of carbonyl (C=O) groups is 1. The maximum atomic E-state index is 12.1. The quantitative estimate of drug-likeness (QED) is 0.0869. The predicted octanol–water partition coefficient (Wildman–Crippen LogP) is 8.14. The summed E-state index contributed by atoms with van der Waals surface area (Å²) >= 11 is 2.03. The van der Waals surface area contributed by atoms with E-state index in [0.717, 1.165) is 3.57 Å². The van der Waals surface area contributed by atoms with Crippen molar-refractivity contribution in [3.8, 4) is 5.88 Å². The summed E-state index contributed by atoms with van der Waals surface area (Å²) in [5.74, 6) is -0.274. The average molecular weight is 813 g/mol. The van der Waals surface area contributed by atoms with Crippen LogP contribution in [0.15, 0.2) is 24.5 Å². The van der Waals surface area contributed by atoms with Gasteiger partial charge in [0.05, 0.1) is 29.5 Å². The summed E-state index contributed by atoms with van der Waals surface area (Å²) in [6.07, 6.45) is 0.326. The van der Waals surface area contributed by atoms with Crippen molar-refractivity contribution in [3.05, 3.63) is 43.8 Å². The molecule has 1 saturated heterocycles. The highest BCUT2D eigenvalue weighted by molar-refractivity contribution is 14.1. The molecule has 1 unspecified atom stereocenters. The fourth-order valence-electron chi connectivity index (χ4n) is 4.85. The Kier molecular flexibility index (Phi) is 11.2. The topological polar surface area (TPSA) is 153 Å². The van der Waals surface area contributed by atoms with E-state index in [0.29, 0.717) is 29.8 Å². The standard InChI is InChI=1S/C32H49IN6O7Si2/c1-19(22-14-13-21(33)15-23(22)39(41)42)44-29-27-28(36-30(37-29)35-20(2)40)38(18-34-27)26-16-24(46-48(11,12)32(6,7)8)25(45-26)17-43-47(9,10)31(3,4)5/h13-15,18-19,24-26H,16-17H2,1-12H3,(H,35,36,37,40)/t19?,24-,25+,26+/m0/s1. The molecule has 1 fully saturated rings. The number of nitro groups is 1. The van der Waals surface area contributed by atoms with Crippen LogP contribution in [0.1, 0.15) is 79.7 Å². The molecule has 1 aliphatic heterocycles. The number of nitrogens with zero attached hydrogens (tertiary/aromatic N) is 5. The van der Waals surface area contributed by atoms with Gasteiger partial charge in [-0.05, 0) is 77.9 Å². The molecule has 0 spiro atoms. The zero-order valence-corrected chi connectivity index (χ0v) is 34.2. The van der Waals surface area contributed by atoms with E-state index in [1.54, 1.807) is 25.4 Å². The zero-order valence-electron chi connectivity index (χ0n) is 30.0.